The number of pyridine rings is 1. The van der Waals surface area contributed by atoms with Crippen LogP contribution in [0.5, 0.6) is 0 Å². The van der Waals surface area contributed by atoms with Gasteiger partial charge in [-0.25, -0.2) is 0 Å². The van der Waals surface area contributed by atoms with Crippen LogP contribution in [-0.4, -0.2) is 11.0 Å². The van der Waals surface area contributed by atoms with Gasteiger partial charge >= 0.3 is 0 Å². The summed E-state index contributed by atoms with van der Waals surface area (Å²) in [5.41, 5.74) is 1.86. The SMILES string of the molecule is CCC(C)(C)C1CCC(NC(C)c2ccncc2)CC1. The molecule has 1 saturated carbocycles. The molecule has 2 rings (SSSR count). The van der Waals surface area contributed by atoms with Crippen molar-refractivity contribution in [3.8, 4) is 0 Å². The van der Waals surface area contributed by atoms with Crippen molar-refractivity contribution in [2.24, 2.45) is 11.3 Å². The third-order valence-corrected chi connectivity index (χ3v) is 5.44. The van der Waals surface area contributed by atoms with Gasteiger partial charge in [-0.05, 0) is 61.6 Å². The van der Waals surface area contributed by atoms with Crippen molar-refractivity contribution in [2.45, 2.75) is 71.9 Å². The van der Waals surface area contributed by atoms with Gasteiger partial charge in [0.2, 0.25) is 0 Å². The molecule has 0 aromatic carbocycles. The van der Waals surface area contributed by atoms with E-state index in [0.29, 0.717) is 17.5 Å². The summed E-state index contributed by atoms with van der Waals surface area (Å²) in [6.45, 7) is 9.46. The average Bonchev–Trinajstić information content (AvgIpc) is 2.48. The second-order valence-electron chi connectivity index (χ2n) is 7.06. The predicted molar refractivity (Wildman–Crippen MR) is 85.6 cm³/mol. The Morgan fingerprint density at radius 3 is 2.35 bits per heavy atom. The Morgan fingerprint density at radius 2 is 1.80 bits per heavy atom. The molecule has 2 nitrogen and oxygen atoms in total. The highest BCUT2D eigenvalue weighted by atomic mass is 14.9. The molecule has 0 radical (unpaired) electrons. The average molecular weight is 274 g/mol. The Kier molecular flexibility index (Phi) is 5.20. The minimum Gasteiger partial charge on any atom is -0.307 e. The molecule has 1 N–H and O–H groups in total. The van der Waals surface area contributed by atoms with Crippen molar-refractivity contribution in [2.75, 3.05) is 0 Å². The van der Waals surface area contributed by atoms with Crippen LogP contribution in [0.3, 0.4) is 0 Å². The summed E-state index contributed by atoms with van der Waals surface area (Å²) in [4.78, 5) is 4.09. The largest absolute Gasteiger partial charge is 0.307 e. The van der Waals surface area contributed by atoms with Crippen LogP contribution in [0.2, 0.25) is 0 Å². The number of hydrogen-bond acceptors (Lipinski definition) is 2. The van der Waals surface area contributed by atoms with Gasteiger partial charge in [-0.15, -0.1) is 0 Å². The van der Waals surface area contributed by atoms with Gasteiger partial charge in [-0.1, -0.05) is 27.2 Å². The topological polar surface area (TPSA) is 24.9 Å². The van der Waals surface area contributed by atoms with Gasteiger partial charge < -0.3 is 5.32 Å². The van der Waals surface area contributed by atoms with Crippen LogP contribution in [-0.2, 0) is 0 Å². The lowest BCUT2D eigenvalue weighted by Crippen LogP contribution is -2.38. The van der Waals surface area contributed by atoms with E-state index >= 15 is 0 Å². The molecule has 0 bridgehead atoms. The van der Waals surface area contributed by atoms with E-state index in [1.807, 2.05) is 12.4 Å². The summed E-state index contributed by atoms with van der Waals surface area (Å²) in [6, 6.07) is 5.34. The Morgan fingerprint density at radius 1 is 1.20 bits per heavy atom. The molecule has 1 unspecified atom stereocenters. The fourth-order valence-corrected chi connectivity index (χ4v) is 3.43. The van der Waals surface area contributed by atoms with Crippen LogP contribution in [0.4, 0.5) is 0 Å². The first-order valence-corrected chi connectivity index (χ1v) is 8.19. The Balaban J connectivity index is 1.83. The van der Waals surface area contributed by atoms with Crippen molar-refractivity contribution < 1.29 is 0 Å². The van der Waals surface area contributed by atoms with Gasteiger partial charge in [0.1, 0.15) is 0 Å². The Hall–Kier alpha value is -0.890. The molecule has 0 aliphatic heterocycles. The van der Waals surface area contributed by atoms with E-state index in [1.165, 1.54) is 37.7 Å². The van der Waals surface area contributed by atoms with Gasteiger partial charge in [0.15, 0.2) is 0 Å². The summed E-state index contributed by atoms with van der Waals surface area (Å²) in [5.74, 6) is 0.904. The quantitative estimate of drug-likeness (QED) is 0.840. The Bertz CT molecular complexity index is 391. The molecule has 1 heterocycles. The van der Waals surface area contributed by atoms with E-state index in [2.05, 4.69) is 50.1 Å². The van der Waals surface area contributed by atoms with Crippen LogP contribution in [0.1, 0.15) is 71.4 Å². The molecule has 1 aromatic rings. The first-order chi connectivity index (χ1) is 9.53. The lowest BCUT2D eigenvalue weighted by Gasteiger charge is -2.39. The fraction of sp³-hybridized carbons (Fsp3) is 0.722. The van der Waals surface area contributed by atoms with Gasteiger partial charge in [-0.2, -0.15) is 0 Å². The summed E-state index contributed by atoms with van der Waals surface area (Å²) in [5, 5.41) is 3.80. The molecule has 1 aromatic heterocycles. The number of nitrogens with one attached hydrogen (secondary N) is 1. The third-order valence-electron chi connectivity index (χ3n) is 5.44. The minimum atomic E-state index is 0.429. The minimum absolute atomic E-state index is 0.429. The zero-order chi connectivity index (χ0) is 14.6. The predicted octanol–water partition coefficient (Wildman–Crippen LogP) is 4.73. The highest BCUT2D eigenvalue weighted by molar-refractivity contribution is 5.14. The second kappa shape index (κ2) is 6.71. The molecule has 112 valence electrons. The summed E-state index contributed by atoms with van der Waals surface area (Å²) >= 11 is 0. The first-order valence-electron chi connectivity index (χ1n) is 8.19. The maximum absolute atomic E-state index is 4.09. The van der Waals surface area contributed by atoms with E-state index in [1.54, 1.807) is 0 Å². The highest BCUT2D eigenvalue weighted by Crippen LogP contribution is 2.40. The van der Waals surface area contributed by atoms with Crippen molar-refractivity contribution in [1.82, 2.24) is 10.3 Å². The van der Waals surface area contributed by atoms with Crippen LogP contribution < -0.4 is 5.32 Å². The van der Waals surface area contributed by atoms with Crippen molar-refractivity contribution in [3.05, 3.63) is 30.1 Å². The highest BCUT2D eigenvalue weighted by Gasteiger charge is 2.31. The normalized spacial score (nSPS) is 25.4. The summed E-state index contributed by atoms with van der Waals surface area (Å²) in [7, 11) is 0. The number of nitrogens with zero attached hydrogens (tertiary/aromatic N) is 1. The van der Waals surface area contributed by atoms with Crippen LogP contribution >= 0.6 is 0 Å². The maximum Gasteiger partial charge on any atom is 0.0295 e. The van der Waals surface area contributed by atoms with Crippen LogP contribution in [0, 0.1) is 11.3 Å². The van der Waals surface area contributed by atoms with Gasteiger partial charge in [0, 0.05) is 24.5 Å². The molecule has 0 spiro atoms. The van der Waals surface area contributed by atoms with Crippen molar-refractivity contribution in [1.29, 1.82) is 0 Å². The molecule has 0 saturated heterocycles. The van der Waals surface area contributed by atoms with E-state index < -0.39 is 0 Å². The maximum atomic E-state index is 4.09. The molecule has 20 heavy (non-hydrogen) atoms. The molecule has 1 fully saturated rings. The van der Waals surface area contributed by atoms with Gasteiger partial charge in [0.25, 0.3) is 0 Å². The number of rotatable bonds is 5. The molecule has 2 heteroatoms. The van der Waals surface area contributed by atoms with E-state index in [-0.39, 0.29) is 0 Å². The standard InChI is InChI=1S/C18H30N2/c1-5-18(3,4)16-6-8-17(9-7-16)20-14(2)15-10-12-19-13-11-15/h10-14,16-17,20H,5-9H2,1-4H3. The second-order valence-corrected chi connectivity index (χ2v) is 7.06. The monoisotopic (exact) mass is 274 g/mol. The molecular weight excluding hydrogens is 244 g/mol. The third kappa shape index (κ3) is 3.82. The summed E-state index contributed by atoms with van der Waals surface area (Å²) < 4.78 is 0. The van der Waals surface area contributed by atoms with E-state index in [9.17, 15) is 0 Å². The molecule has 1 atom stereocenters. The lowest BCUT2D eigenvalue weighted by atomic mass is 9.69. The first kappa shape index (κ1) is 15.5. The van der Waals surface area contributed by atoms with Crippen molar-refractivity contribution >= 4 is 0 Å². The zero-order valence-electron chi connectivity index (χ0n) is 13.5. The van der Waals surface area contributed by atoms with Crippen molar-refractivity contribution in [3.63, 3.8) is 0 Å². The van der Waals surface area contributed by atoms with Gasteiger partial charge in [-0.3, -0.25) is 4.98 Å². The number of aromatic nitrogens is 1. The van der Waals surface area contributed by atoms with E-state index in [4.69, 9.17) is 0 Å². The lowest BCUT2D eigenvalue weighted by molar-refractivity contribution is 0.134. The molecule has 1 aliphatic rings. The molecule has 0 amide bonds. The Labute approximate surface area is 124 Å². The zero-order valence-corrected chi connectivity index (χ0v) is 13.5. The number of hydrogen-bond donors (Lipinski definition) is 1. The molecule has 1 aliphatic carbocycles. The van der Waals surface area contributed by atoms with Crippen LogP contribution in [0.25, 0.3) is 0 Å². The smallest absolute Gasteiger partial charge is 0.0295 e. The van der Waals surface area contributed by atoms with Gasteiger partial charge in [0.05, 0.1) is 0 Å². The fourth-order valence-electron chi connectivity index (χ4n) is 3.43. The summed E-state index contributed by atoms with van der Waals surface area (Å²) in [6.07, 6.45) is 10.5. The molecular formula is C18H30N2. The van der Waals surface area contributed by atoms with Crippen LogP contribution in [0.15, 0.2) is 24.5 Å². The van der Waals surface area contributed by atoms with E-state index in [0.717, 1.165) is 5.92 Å².